The van der Waals surface area contributed by atoms with Gasteiger partial charge in [-0.3, -0.25) is 9.59 Å². The number of nitrogens with zero attached hydrogens (tertiary/aromatic N) is 3. The number of piperidine rings is 1. The van der Waals surface area contributed by atoms with Gasteiger partial charge in [0, 0.05) is 43.1 Å². The molecule has 2 amide bonds. The van der Waals surface area contributed by atoms with Crippen molar-refractivity contribution in [2.24, 2.45) is 5.92 Å². The molecule has 0 atom stereocenters. The molecule has 0 unspecified atom stereocenters. The average molecular weight is 449 g/mol. The van der Waals surface area contributed by atoms with E-state index >= 15 is 0 Å². The number of anilines is 1. The summed E-state index contributed by atoms with van der Waals surface area (Å²) < 4.78 is 10.5. The standard InChI is InChI=1S/C25H28N4O4/c1-32-21-12-10-18(11-13-21)24-27-22(33-28-24)8-5-9-23(30)29-16-14-19(15-17-29)25(31)26-20-6-3-2-4-7-20/h2-4,6-7,10-13,19H,5,8-9,14-17H2,1H3,(H,26,31). The van der Waals surface area contributed by atoms with E-state index in [4.69, 9.17) is 9.26 Å². The molecule has 8 heteroatoms. The summed E-state index contributed by atoms with van der Waals surface area (Å²) in [5, 5.41) is 6.98. The summed E-state index contributed by atoms with van der Waals surface area (Å²) in [5.74, 6) is 1.87. The fraction of sp³-hybridized carbons (Fsp3) is 0.360. The summed E-state index contributed by atoms with van der Waals surface area (Å²) in [7, 11) is 1.62. The number of carbonyl (C=O) groups excluding carboxylic acids is 2. The molecular weight excluding hydrogens is 420 g/mol. The Bertz CT molecular complexity index is 1060. The van der Waals surface area contributed by atoms with Gasteiger partial charge in [0.1, 0.15) is 5.75 Å². The van der Waals surface area contributed by atoms with E-state index in [0.717, 1.165) is 17.0 Å². The first-order chi connectivity index (χ1) is 16.1. The van der Waals surface area contributed by atoms with Crippen LogP contribution in [0.2, 0.25) is 0 Å². The maximum atomic E-state index is 12.6. The van der Waals surface area contributed by atoms with Gasteiger partial charge in [-0.05, 0) is 55.7 Å². The van der Waals surface area contributed by atoms with Crippen molar-refractivity contribution in [3.8, 4) is 17.1 Å². The summed E-state index contributed by atoms with van der Waals surface area (Å²) in [5.41, 5.74) is 1.65. The topological polar surface area (TPSA) is 97.6 Å². The van der Waals surface area contributed by atoms with Crippen LogP contribution in [-0.2, 0) is 16.0 Å². The van der Waals surface area contributed by atoms with Gasteiger partial charge in [0.25, 0.3) is 0 Å². The van der Waals surface area contributed by atoms with Crippen LogP contribution in [0, 0.1) is 5.92 Å². The molecule has 1 aliphatic heterocycles. The number of nitrogens with one attached hydrogen (secondary N) is 1. The third-order valence-electron chi connectivity index (χ3n) is 5.86. The number of hydrogen-bond donors (Lipinski definition) is 1. The lowest BCUT2D eigenvalue weighted by Crippen LogP contribution is -2.41. The summed E-state index contributed by atoms with van der Waals surface area (Å²) >= 11 is 0. The first-order valence-corrected chi connectivity index (χ1v) is 11.2. The Hall–Kier alpha value is -3.68. The Labute approximate surface area is 192 Å². The van der Waals surface area contributed by atoms with Gasteiger partial charge in [-0.1, -0.05) is 23.4 Å². The third kappa shape index (κ3) is 5.97. The number of benzene rings is 2. The Morgan fingerprint density at radius 2 is 1.82 bits per heavy atom. The van der Waals surface area contributed by atoms with Crippen LogP contribution < -0.4 is 10.1 Å². The molecule has 33 heavy (non-hydrogen) atoms. The molecule has 0 radical (unpaired) electrons. The number of carbonyl (C=O) groups is 2. The molecule has 2 aromatic carbocycles. The summed E-state index contributed by atoms with van der Waals surface area (Å²) in [6, 6.07) is 16.9. The lowest BCUT2D eigenvalue weighted by atomic mass is 9.95. The molecule has 2 heterocycles. The highest BCUT2D eigenvalue weighted by Crippen LogP contribution is 2.22. The van der Waals surface area contributed by atoms with Crippen molar-refractivity contribution in [2.45, 2.75) is 32.1 Å². The van der Waals surface area contributed by atoms with Crippen LogP contribution in [0.25, 0.3) is 11.4 Å². The highest BCUT2D eigenvalue weighted by Gasteiger charge is 2.27. The monoisotopic (exact) mass is 448 g/mol. The van der Waals surface area contributed by atoms with Crippen LogP contribution in [0.15, 0.2) is 59.1 Å². The van der Waals surface area contributed by atoms with Gasteiger partial charge >= 0.3 is 0 Å². The number of rotatable bonds is 8. The van der Waals surface area contributed by atoms with Crippen LogP contribution >= 0.6 is 0 Å². The zero-order valence-electron chi connectivity index (χ0n) is 18.7. The second-order valence-electron chi connectivity index (χ2n) is 8.10. The van der Waals surface area contributed by atoms with E-state index in [1.165, 1.54) is 0 Å². The Morgan fingerprint density at radius 1 is 1.09 bits per heavy atom. The van der Waals surface area contributed by atoms with E-state index in [2.05, 4.69) is 15.5 Å². The van der Waals surface area contributed by atoms with Gasteiger partial charge in [-0.2, -0.15) is 4.98 Å². The zero-order valence-corrected chi connectivity index (χ0v) is 18.7. The van der Waals surface area contributed by atoms with E-state index in [9.17, 15) is 9.59 Å². The van der Waals surface area contributed by atoms with Crippen molar-refractivity contribution in [2.75, 3.05) is 25.5 Å². The number of para-hydroxylation sites is 1. The Morgan fingerprint density at radius 3 is 2.52 bits per heavy atom. The molecule has 1 N–H and O–H groups in total. The van der Waals surface area contributed by atoms with E-state index in [1.54, 1.807) is 7.11 Å². The first-order valence-electron chi connectivity index (χ1n) is 11.2. The van der Waals surface area contributed by atoms with Gasteiger partial charge in [0.05, 0.1) is 7.11 Å². The van der Waals surface area contributed by atoms with E-state index < -0.39 is 0 Å². The summed E-state index contributed by atoms with van der Waals surface area (Å²) in [4.78, 5) is 31.3. The molecule has 8 nitrogen and oxygen atoms in total. The van der Waals surface area contributed by atoms with E-state index in [1.807, 2.05) is 59.5 Å². The molecule has 0 spiro atoms. The number of ether oxygens (including phenoxy) is 1. The van der Waals surface area contributed by atoms with Crippen LogP contribution in [0.1, 0.15) is 31.6 Å². The van der Waals surface area contributed by atoms with Crippen LogP contribution in [-0.4, -0.2) is 47.1 Å². The fourth-order valence-corrected chi connectivity index (χ4v) is 3.92. The molecule has 4 rings (SSSR count). The predicted octanol–water partition coefficient (Wildman–Crippen LogP) is 3.95. The van der Waals surface area contributed by atoms with E-state index in [-0.39, 0.29) is 17.7 Å². The average Bonchev–Trinajstić information content (AvgIpc) is 3.33. The minimum Gasteiger partial charge on any atom is -0.497 e. The van der Waals surface area contributed by atoms with Crippen molar-refractivity contribution in [3.05, 3.63) is 60.5 Å². The maximum absolute atomic E-state index is 12.6. The minimum absolute atomic E-state index is 0.0253. The molecule has 1 aromatic heterocycles. The van der Waals surface area contributed by atoms with Crippen molar-refractivity contribution in [1.82, 2.24) is 15.0 Å². The van der Waals surface area contributed by atoms with Crippen molar-refractivity contribution in [3.63, 3.8) is 0 Å². The molecule has 1 fully saturated rings. The highest BCUT2D eigenvalue weighted by molar-refractivity contribution is 5.92. The fourth-order valence-electron chi connectivity index (χ4n) is 3.92. The molecule has 1 aliphatic rings. The minimum atomic E-state index is -0.0657. The maximum Gasteiger partial charge on any atom is 0.227 e. The lowest BCUT2D eigenvalue weighted by molar-refractivity contribution is -0.134. The van der Waals surface area contributed by atoms with Crippen LogP contribution in [0.4, 0.5) is 5.69 Å². The Kier molecular flexibility index (Phi) is 7.34. The number of aromatic nitrogens is 2. The molecule has 1 saturated heterocycles. The number of likely N-dealkylation sites (tertiary alicyclic amines) is 1. The molecule has 0 saturated carbocycles. The summed E-state index contributed by atoms with van der Waals surface area (Å²) in [6.45, 7) is 1.21. The number of amides is 2. The third-order valence-corrected chi connectivity index (χ3v) is 5.86. The Balaban J connectivity index is 1.18. The van der Waals surface area contributed by atoms with Gasteiger partial charge in [-0.15, -0.1) is 0 Å². The van der Waals surface area contributed by atoms with Crippen LogP contribution in [0.3, 0.4) is 0 Å². The molecule has 0 aliphatic carbocycles. The number of methoxy groups -OCH3 is 1. The van der Waals surface area contributed by atoms with Gasteiger partial charge < -0.3 is 19.5 Å². The SMILES string of the molecule is COc1ccc(-c2noc(CCCC(=O)N3CCC(C(=O)Nc4ccccc4)CC3)n2)cc1. The predicted molar refractivity (Wildman–Crippen MR) is 124 cm³/mol. The highest BCUT2D eigenvalue weighted by atomic mass is 16.5. The van der Waals surface area contributed by atoms with Gasteiger partial charge in [0.15, 0.2) is 0 Å². The van der Waals surface area contributed by atoms with Gasteiger partial charge in [-0.25, -0.2) is 0 Å². The van der Waals surface area contributed by atoms with Crippen molar-refractivity contribution in [1.29, 1.82) is 0 Å². The first kappa shape index (κ1) is 22.5. The molecular formula is C25H28N4O4. The zero-order chi connectivity index (χ0) is 23.0. The normalized spacial score (nSPS) is 14.2. The van der Waals surface area contributed by atoms with Gasteiger partial charge in [0.2, 0.25) is 23.5 Å². The quantitative estimate of drug-likeness (QED) is 0.560. The number of hydrogen-bond acceptors (Lipinski definition) is 6. The second-order valence-corrected chi connectivity index (χ2v) is 8.10. The van der Waals surface area contributed by atoms with Crippen LogP contribution in [0.5, 0.6) is 5.75 Å². The molecule has 0 bridgehead atoms. The molecule has 3 aromatic rings. The second kappa shape index (κ2) is 10.8. The largest absolute Gasteiger partial charge is 0.497 e. The smallest absolute Gasteiger partial charge is 0.227 e. The van der Waals surface area contributed by atoms with Crippen molar-refractivity contribution < 1.29 is 18.8 Å². The lowest BCUT2D eigenvalue weighted by Gasteiger charge is -2.31. The molecule has 172 valence electrons. The van der Waals surface area contributed by atoms with E-state index in [0.29, 0.717) is 56.9 Å². The van der Waals surface area contributed by atoms with Crippen molar-refractivity contribution >= 4 is 17.5 Å². The number of aryl methyl sites for hydroxylation is 1. The summed E-state index contributed by atoms with van der Waals surface area (Å²) in [6.07, 6.45) is 2.96.